The van der Waals surface area contributed by atoms with Crippen molar-refractivity contribution in [2.75, 3.05) is 0 Å². The third-order valence-corrected chi connectivity index (χ3v) is 5.81. The van der Waals surface area contributed by atoms with Gasteiger partial charge in [0.25, 0.3) is 6.33 Å². The molecule has 0 aliphatic heterocycles. The molecule has 2 nitrogen and oxygen atoms in total. The van der Waals surface area contributed by atoms with Crippen LogP contribution in [0.3, 0.4) is 0 Å². The molecule has 1 aromatic heterocycles. The summed E-state index contributed by atoms with van der Waals surface area (Å²) in [5.41, 5.74) is 5.36. The van der Waals surface area contributed by atoms with Crippen LogP contribution in [0.5, 0.6) is 0 Å². The molecule has 4 heteroatoms. The molecular formula is C24H31ClN2S. The van der Waals surface area contributed by atoms with Crippen molar-refractivity contribution in [1.29, 1.82) is 0 Å². The zero-order chi connectivity index (χ0) is 19.6. The molecule has 0 saturated carbocycles. The molecule has 0 atom stereocenters. The number of para-hydroxylation sites is 2. The van der Waals surface area contributed by atoms with Crippen LogP contribution >= 0.6 is 11.8 Å². The maximum Gasteiger partial charge on any atom is 0.254 e. The van der Waals surface area contributed by atoms with E-state index in [1.54, 1.807) is 0 Å². The van der Waals surface area contributed by atoms with Crippen molar-refractivity contribution in [3.05, 3.63) is 72.3 Å². The Morgan fingerprint density at radius 3 is 2.00 bits per heavy atom. The first kappa shape index (κ1) is 22.6. The summed E-state index contributed by atoms with van der Waals surface area (Å²) in [6, 6.07) is 15.4. The molecule has 0 aliphatic rings. The molecule has 0 spiro atoms. The summed E-state index contributed by atoms with van der Waals surface area (Å²) in [5.74, 6) is 0.969. The van der Waals surface area contributed by atoms with E-state index in [1.807, 2.05) is 11.8 Å². The number of nitrogens with zero attached hydrogens (tertiary/aromatic N) is 2. The van der Waals surface area contributed by atoms with Crippen LogP contribution in [0.15, 0.2) is 66.1 Å². The first-order valence-electron chi connectivity index (χ1n) is 9.87. The van der Waals surface area contributed by atoms with Crippen molar-refractivity contribution >= 4 is 11.8 Å². The van der Waals surface area contributed by atoms with Gasteiger partial charge in [-0.15, -0.1) is 11.8 Å². The molecule has 2 aromatic carbocycles. The summed E-state index contributed by atoms with van der Waals surface area (Å²) < 4.78 is 4.54. The number of thioether (sulfide) groups is 1. The zero-order valence-corrected chi connectivity index (χ0v) is 19.3. The molecule has 3 rings (SSSR count). The van der Waals surface area contributed by atoms with E-state index >= 15 is 0 Å². The smallest absolute Gasteiger partial charge is 0.254 e. The van der Waals surface area contributed by atoms with E-state index in [2.05, 4.69) is 112 Å². The monoisotopic (exact) mass is 414 g/mol. The molecule has 0 unspecified atom stereocenters. The fourth-order valence-electron chi connectivity index (χ4n) is 3.46. The maximum atomic E-state index is 2.29. The standard InChI is InChI=1S/C24H31N2S.ClH/c1-17(2)20-10-9-11-21(18(3)4)24(20)26-15-14-25(16-26)22-12-7-8-13-23(22)27-19(5)6;/h7-19H,1-6H3;1H/q+1;/p-1. The van der Waals surface area contributed by atoms with E-state index in [0.29, 0.717) is 17.1 Å². The van der Waals surface area contributed by atoms with E-state index in [4.69, 9.17) is 0 Å². The third-order valence-electron chi connectivity index (χ3n) is 4.74. The molecule has 0 N–H and O–H groups in total. The summed E-state index contributed by atoms with van der Waals surface area (Å²) in [4.78, 5) is 1.32. The van der Waals surface area contributed by atoms with Crippen LogP contribution in [0.2, 0.25) is 0 Å². The highest BCUT2D eigenvalue weighted by molar-refractivity contribution is 8.00. The van der Waals surface area contributed by atoms with Crippen LogP contribution in [-0.4, -0.2) is 9.82 Å². The maximum absolute atomic E-state index is 2.29. The zero-order valence-electron chi connectivity index (χ0n) is 17.7. The fourth-order valence-corrected chi connectivity index (χ4v) is 4.42. The molecule has 0 aliphatic carbocycles. The average molecular weight is 415 g/mol. The largest absolute Gasteiger partial charge is 1.00 e. The predicted molar refractivity (Wildman–Crippen MR) is 116 cm³/mol. The second-order valence-electron chi connectivity index (χ2n) is 7.96. The van der Waals surface area contributed by atoms with Crippen molar-refractivity contribution in [2.45, 2.75) is 63.5 Å². The van der Waals surface area contributed by atoms with Gasteiger partial charge in [-0.05, 0) is 24.0 Å². The average Bonchev–Trinajstić information content (AvgIpc) is 3.10. The summed E-state index contributed by atoms with van der Waals surface area (Å²) in [6.45, 7) is 13.6. The minimum Gasteiger partial charge on any atom is -1.00 e. The van der Waals surface area contributed by atoms with Gasteiger partial charge in [0.15, 0.2) is 0 Å². The number of halogens is 1. The van der Waals surface area contributed by atoms with Crippen molar-refractivity contribution < 1.29 is 17.0 Å². The van der Waals surface area contributed by atoms with Gasteiger partial charge in [-0.3, -0.25) is 0 Å². The van der Waals surface area contributed by atoms with Crippen molar-refractivity contribution in [3.8, 4) is 11.4 Å². The Morgan fingerprint density at radius 2 is 1.43 bits per heavy atom. The number of aromatic nitrogens is 2. The molecule has 28 heavy (non-hydrogen) atoms. The lowest BCUT2D eigenvalue weighted by Crippen LogP contribution is -3.00. The number of imidazole rings is 1. The summed E-state index contributed by atoms with van der Waals surface area (Å²) >= 11 is 1.91. The van der Waals surface area contributed by atoms with Crippen molar-refractivity contribution in [3.63, 3.8) is 0 Å². The van der Waals surface area contributed by atoms with Crippen LogP contribution in [0.1, 0.15) is 64.5 Å². The Balaban J connectivity index is 0.00000280. The lowest BCUT2D eigenvalue weighted by Gasteiger charge is -2.16. The van der Waals surface area contributed by atoms with Crippen LogP contribution in [-0.2, 0) is 0 Å². The normalized spacial score (nSPS) is 11.3. The topological polar surface area (TPSA) is 8.81 Å². The van der Waals surface area contributed by atoms with E-state index in [0.717, 1.165) is 0 Å². The van der Waals surface area contributed by atoms with Gasteiger partial charge in [0.2, 0.25) is 0 Å². The molecule has 150 valence electrons. The second kappa shape index (κ2) is 9.67. The molecule has 0 saturated heterocycles. The Hall–Kier alpha value is -1.71. The van der Waals surface area contributed by atoms with E-state index in [1.165, 1.54) is 27.4 Å². The van der Waals surface area contributed by atoms with Gasteiger partial charge in [0.1, 0.15) is 23.8 Å². The van der Waals surface area contributed by atoms with Gasteiger partial charge in [-0.1, -0.05) is 71.9 Å². The number of hydrogen-bond donors (Lipinski definition) is 0. The van der Waals surface area contributed by atoms with Crippen molar-refractivity contribution in [2.24, 2.45) is 0 Å². The van der Waals surface area contributed by atoms with E-state index < -0.39 is 0 Å². The quantitative estimate of drug-likeness (QED) is 0.443. The molecule has 0 amide bonds. The SMILES string of the molecule is CC(C)Sc1ccccc1-n1cc[n+](-c2c(C(C)C)cccc2C(C)C)c1.[Cl-]. The lowest BCUT2D eigenvalue weighted by atomic mass is 9.92. The Labute approximate surface area is 180 Å². The number of hydrogen-bond acceptors (Lipinski definition) is 1. The van der Waals surface area contributed by atoms with Gasteiger partial charge in [0, 0.05) is 16.4 Å². The fraction of sp³-hybridized carbons (Fsp3) is 0.375. The molecule has 0 bridgehead atoms. The van der Waals surface area contributed by atoms with Gasteiger partial charge >= 0.3 is 0 Å². The van der Waals surface area contributed by atoms with Crippen LogP contribution in [0.4, 0.5) is 0 Å². The van der Waals surface area contributed by atoms with Gasteiger partial charge in [0.05, 0.1) is 4.90 Å². The minimum absolute atomic E-state index is 0. The first-order chi connectivity index (χ1) is 12.9. The number of rotatable bonds is 6. The molecule has 1 heterocycles. The highest BCUT2D eigenvalue weighted by Gasteiger charge is 2.21. The molecular weight excluding hydrogens is 384 g/mol. The third kappa shape index (κ3) is 4.82. The summed E-state index contributed by atoms with van der Waals surface area (Å²) in [5, 5.41) is 0.558. The highest BCUT2D eigenvalue weighted by Crippen LogP contribution is 2.30. The highest BCUT2D eigenvalue weighted by atomic mass is 35.5. The second-order valence-corrected chi connectivity index (χ2v) is 9.58. The van der Waals surface area contributed by atoms with E-state index in [9.17, 15) is 0 Å². The first-order valence-corrected chi connectivity index (χ1v) is 10.7. The van der Waals surface area contributed by atoms with Crippen LogP contribution in [0, 0.1) is 0 Å². The Bertz CT molecular complexity index is 886. The summed E-state index contributed by atoms with van der Waals surface area (Å²) in [7, 11) is 0. The minimum atomic E-state index is 0. The van der Waals surface area contributed by atoms with Crippen LogP contribution < -0.4 is 17.0 Å². The van der Waals surface area contributed by atoms with Gasteiger partial charge in [-0.25, -0.2) is 9.13 Å². The van der Waals surface area contributed by atoms with Crippen molar-refractivity contribution in [1.82, 2.24) is 4.57 Å². The Morgan fingerprint density at radius 1 is 0.821 bits per heavy atom. The lowest BCUT2D eigenvalue weighted by molar-refractivity contribution is -0.596. The number of benzene rings is 2. The van der Waals surface area contributed by atoms with E-state index in [-0.39, 0.29) is 12.4 Å². The Kier molecular flexibility index (Phi) is 7.79. The molecule has 0 fully saturated rings. The van der Waals surface area contributed by atoms with Gasteiger partial charge < -0.3 is 12.4 Å². The molecule has 3 aromatic rings. The van der Waals surface area contributed by atoms with Crippen LogP contribution in [0.25, 0.3) is 11.4 Å². The molecule has 0 radical (unpaired) electrons. The summed E-state index contributed by atoms with van der Waals surface area (Å²) in [6.07, 6.45) is 6.57. The van der Waals surface area contributed by atoms with Gasteiger partial charge in [-0.2, -0.15) is 0 Å². The predicted octanol–water partition coefficient (Wildman–Crippen LogP) is 3.51.